The monoisotopic (exact) mass is 275 g/mol. The third kappa shape index (κ3) is 2.90. The van der Waals surface area contributed by atoms with E-state index in [4.69, 9.17) is 0 Å². The Bertz CT molecular complexity index is 458. The second-order valence-corrected chi connectivity index (χ2v) is 6.99. The molecule has 0 heterocycles. The van der Waals surface area contributed by atoms with Gasteiger partial charge < -0.3 is 5.32 Å². The third-order valence-electron chi connectivity index (χ3n) is 5.47. The van der Waals surface area contributed by atoms with Gasteiger partial charge in [0.25, 0.3) is 0 Å². The van der Waals surface area contributed by atoms with Crippen molar-refractivity contribution in [2.75, 3.05) is 0 Å². The maximum absolute atomic E-state index is 13.7. The first kappa shape index (κ1) is 14.1. The zero-order valence-corrected chi connectivity index (χ0v) is 12.6. The Morgan fingerprint density at radius 3 is 2.65 bits per heavy atom. The molecule has 3 rings (SSSR count). The maximum Gasteiger partial charge on any atom is 0.126 e. The van der Waals surface area contributed by atoms with Crippen LogP contribution in [0.5, 0.6) is 0 Å². The van der Waals surface area contributed by atoms with Gasteiger partial charge in [0, 0.05) is 12.1 Å². The van der Waals surface area contributed by atoms with Gasteiger partial charge in [0.05, 0.1) is 0 Å². The molecule has 0 spiro atoms. The highest BCUT2D eigenvalue weighted by Gasteiger charge is 2.41. The Morgan fingerprint density at radius 2 is 2.00 bits per heavy atom. The molecule has 110 valence electrons. The molecular weight excluding hydrogens is 249 g/mol. The van der Waals surface area contributed by atoms with Crippen LogP contribution >= 0.6 is 0 Å². The summed E-state index contributed by atoms with van der Waals surface area (Å²) in [5.74, 6) is 2.71. The van der Waals surface area contributed by atoms with E-state index in [2.05, 4.69) is 19.2 Å². The number of halogens is 1. The van der Waals surface area contributed by atoms with Crippen molar-refractivity contribution in [3.05, 3.63) is 35.6 Å². The van der Waals surface area contributed by atoms with E-state index in [1.54, 1.807) is 12.1 Å². The molecule has 1 aromatic rings. The van der Waals surface area contributed by atoms with Gasteiger partial charge in [-0.2, -0.15) is 0 Å². The molecule has 1 nitrogen and oxygen atoms in total. The van der Waals surface area contributed by atoms with Crippen LogP contribution in [0.25, 0.3) is 0 Å². The minimum Gasteiger partial charge on any atom is -0.311 e. The van der Waals surface area contributed by atoms with Gasteiger partial charge in [0.15, 0.2) is 0 Å². The number of rotatable bonds is 5. The fraction of sp³-hybridized carbons (Fsp3) is 0.667. The Balaban J connectivity index is 1.54. The summed E-state index contributed by atoms with van der Waals surface area (Å²) in [4.78, 5) is 0. The predicted molar refractivity (Wildman–Crippen MR) is 81.1 cm³/mol. The molecule has 1 aromatic carbocycles. The average molecular weight is 275 g/mol. The summed E-state index contributed by atoms with van der Waals surface area (Å²) in [6.07, 6.45) is 6.53. The van der Waals surface area contributed by atoms with Crippen LogP contribution in [-0.4, -0.2) is 12.1 Å². The van der Waals surface area contributed by atoms with Gasteiger partial charge >= 0.3 is 0 Å². The second kappa shape index (κ2) is 5.85. The minimum absolute atomic E-state index is 0.0753. The Labute approximate surface area is 122 Å². The molecule has 2 aliphatic rings. The molecule has 0 aromatic heterocycles. The summed E-state index contributed by atoms with van der Waals surface area (Å²) in [6.45, 7) is 4.50. The molecule has 2 heteroatoms. The molecule has 0 saturated heterocycles. The van der Waals surface area contributed by atoms with E-state index in [0.29, 0.717) is 12.1 Å². The number of hydrogen-bond donors (Lipinski definition) is 1. The van der Waals surface area contributed by atoms with Crippen LogP contribution in [-0.2, 0) is 6.42 Å². The van der Waals surface area contributed by atoms with Crippen molar-refractivity contribution in [1.29, 1.82) is 0 Å². The summed E-state index contributed by atoms with van der Waals surface area (Å²) in [5.41, 5.74) is 0.827. The Hall–Kier alpha value is -0.890. The first-order valence-electron chi connectivity index (χ1n) is 8.13. The van der Waals surface area contributed by atoms with Crippen molar-refractivity contribution in [2.24, 2.45) is 17.8 Å². The molecule has 20 heavy (non-hydrogen) atoms. The van der Waals surface area contributed by atoms with Crippen LogP contribution in [0.1, 0.15) is 45.1 Å². The van der Waals surface area contributed by atoms with E-state index in [-0.39, 0.29) is 5.82 Å². The second-order valence-electron chi connectivity index (χ2n) is 6.99. The van der Waals surface area contributed by atoms with Gasteiger partial charge in [0.1, 0.15) is 5.82 Å². The van der Waals surface area contributed by atoms with Crippen LogP contribution in [0.15, 0.2) is 24.3 Å². The van der Waals surface area contributed by atoms with Crippen molar-refractivity contribution in [3.8, 4) is 0 Å². The van der Waals surface area contributed by atoms with Crippen LogP contribution < -0.4 is 5.32 Å². The fourth-order valence-electron chi connectivity index (χ4n) is 4.53. The smallest absolute Gasteiger partial charge is 0.126 e. The zero-order chi connectivity index (χ0) is 14.1. The van der Waals surface area contributed by atoms with Crippen LogP contribution in [0.4, 0.5) is 4.39 Å². The van der Waals surface area contributed by atoms with Gasteiger partial charge in [-0.1, -0.05) is 24.6 Å². The SMILES string of the molecule is CC(Cc1ccccc1F)NC(C)C1CC2CCC1C2. The molecular formula is C18H26FN. The lowest BCUT2D eigenvalue weighted by atomic mass is 9.83. The number of benzene rings is 1. The molecule has 0 radical (unpaired) electrons. The van der Waals surface area contributed by atoms with Crippen molar-refractivity contribution in [1.82, 2.24) is 5.32 Å². The highest BCUT2D eigenvalue weighted by molar-refractivity contribution is 5.18. The van der Waals surface area contributed by atoms with Crippen LogP contribution in [0, 0.1) is 23.6 Å². The summed E-state index contributed by atoms with van der Waals surface area (Å²) in [7, 11) is 0. The molecule has 5 atom stereocenters. The first-order chi connectivity index (χ1) is 9.63. The standard InChI is InChI=1S/C18H26FN/c1-12(9-16-5-3-4-6-18(16)19)20-13(2)17-11-14-7-8-15(17)10-14/h3-6,12-15,17,20H,7-11H2,1-2H3. The lowest BCUT2D eigenvalue weighted by Crippen LogP contribution is -2.42. The highest BCUT2D eigenvalue weighted by Crippen LogP contribution is 2.49. The van der Waals surface area contributed by atoms with Crippen molar-refractivity contribution >= 4 is 0 Å². The van der Waals surface area contributed by atoms with Gasteiger partial charge in [0.2, 0.25) is 0 Å². The van der Waals surface area contributed by atoms with E-state index in [9.17, 15) is 4.39 Å². The molecule has 2 bridgehead atoms. The lowest BCUT2D eigenvalue weighted by molar-refractivity contribution is 0.247. The Morgan fingerprint density at radius 1 is 1.20 bits per heavy atom. The van der Waals surface area contributed by atoms with Crippen LogP contribution in [0.3, 0.4) is 0 Å². The maximum atomic E-state index is 13.7. The normalized spacial score (nSPS) is 31.4. The number of nitrogens with one attached hydrogen (secondary N) is 1. The summed E-state index contributed by atoms with van der Waals surface area (Å²) < 4.78 is 13.7. The molecule has 0 aliphatic heterocycles. The van der Waals surface area contributed by atoms with Gasteiger partial charge in [-0.05, 0) is 68.9 Å². The van der Waals surface area contributed by atoms with Crippen LogP contribution in [0.2, 0.25) is 0 Å². The Kier molecular flexibility index (Phi) is 4.11. The molecule has 2 aliphatic carbocycles. The molecule has 1 N–H and O–H groups in total. The van der Waals surface area contributed by atoms with Gasteiger partial charge in [-0.3, -0.25) is 0 Å². The average Bonchev–Trinajstić information content (AvgIpc) is 3.03. The first-order valence-corrected chi connectivity index (χ1v) is 8.13. The summed E-state index contributed by atoms with van der Waals surface area (Å²) in [6, 6.07) is 8.03. The zero-order valence-electron chi connectivity index (χ0n) is 12.6. The molecule has 2 fully saturated rings. The van der Waals surface area contributed by atoms with E-state index >= 15 is 0 Å². The number of fused-ring (bicyclic) bond motifs is 2. The number of hydrogen-bond acceptors (Lipinski definition) is 1. The van der Waals surface area contributed by atoms with Crippen molar-refractivity contribution < 1.29 is 4.39 Å². The van der Waals surface area contributed by atoms with Gasteiger partial charge in [-0.15, -0.1) is 0 Å². The quantitative estimate of drug-likeness (QED) is 0.850. The predicted octanol–water partition coefficient (Wildman–Crippen LogP) is 4.17. The summed E-state index contributed by atoms with van der Waals surface area (Å²) >= 11 is 0. The van der Waals surface area contributed by atoms with E-state index < -0.39 is 0 Å². The fourth-order valence-corrected chi connectivity index (χ4v) is 4.53. The van der Waals surface area contributed by atoms with Gasteiger partial charge in [-0.25, -0.2) is 4.39 Å². The molecule has 0 amide bonds. The van der Waals surface area contributed by atoms with Crippen molar-refractivity contribution in [3.63, 3.8) is 0 Å². The lowest BCUT2D eigenvalue weighted by Gasteiger charge is -2.31. The third-order valence-corrected chi connectivity index (χ3v) is 5.47. The minimum atomic E-state index is -0.0753. The topological polar surface area (TPSA) is 12.0 Å². The summed E-state index contributed by atoms with van der Waals surface area (Å²) in [5, 5.41) is 3.72. The highest BCUT2D eigenvalue weighted by atomic mass is 19.1. The van der Waals surface area contributed by atoms with E-state index in [0.717, 1.165) is 29.7 Å². The largest absolute Gasteiger partial charge is 0.311 e. The van der Waals surface area contributed by atoms with E-state index in [1.807, 2.05) is 12.1 Å². The molecule has 5 unspecified atom stereocenters. The van der Waals surface area contributed by atoms with E-state index in [1.165, 1.54) is 25.7 Å². The molecule has 2 saturated carbocycles. The van der Waals surface area contributed by atoms with Crippen molar-refractivity contribution in [2.45, 2.75) is 58.0 Å².